The highest BCUT2D eigenvalue weighted by atomic mass is 19.3. The summed E-state index contributed by atoms with van der Waals surface area (Å²) in [6.07, 6.45) is -1.20. The van der Waals surface area contributed by atoms with Crippen LogP contribution in [0.4, 0.5) is 8.78 Å². The van der Waals surface area contributed by atoms with E-state index in [9.17, 15) is 8.78 Å². The highest BCUT2D eigenvalue weighted by Gasteiger charge is 2.33. The minimum Gasteiger partial charge on any atom is -0.316 e. The molecule has 0 saturated heterocycles. The van der Waals surface area contributed by atoms with Crippen LogP contribution in [0.15, 0.2) is 12.3 Å². The van der Waals surface area contributed by atoms with Gasteiger partial charge in [-0.05, 0) is 13.0 Å². The third-order valence-corrected chi connectivity index (χ3v) is 1.53. The molecule has 0 aromatic carbocycles. The summed E-state index contributed by atoms with van der Waals surface area (Å²) in [5.74, 6) is 0. The third kappa shape index (κ3) is 1.37. The second-order valence-electron chi connectivity index (χ2n) is 2.55. The van der Waals surface area contributed by atoms with Crippen LogP contribution in [0.3, 0.4) is 0 Å². The van der Waals surface area contributed by atoms with Crippen LogP contribution in [0.2, 0.25) is 0 Å². The number of aromatic amines is 1. The van der Waals surface area contributed by atoms with Crippen molar-refractivity contribution in [3.05, 3.63) is 18.0 Å². The molecule has 0 aliphatic heterocycles. The van der Waals surface area contributed by atoms with Gasteiger partial charge in [0.05, 0.1) is 5.69 Å². The first-order chi connectivity index (χ1) is 5.05. The fourth-order valence-corrected chi connectivity index (χ4v) is 0.673. The molecule has 1 rings (SSSR count). The molecule has 1 heterocycles. The topological polar surface area (TPSA) is 54.7 Å². The third-order valence-electron chi connectivity index (χ3n) is 1.53. The number of hydrogen-bond donors (Lipinski definition) is 2. The van der Waals surface area contributed by atoms with E-state index in [1.165, 1.54) is 19.2 Å². The zero-order valence-corrected chi connectivity index (χ0v) is 6.01. The molecule has 5 heteroatoms. The molecule has 0 radical (unpaired) electrons. The van der Waals surface area contributed by atoms with E-state index in [0.717, 1.165) is 0 Å². The maximum absolute atomic E-state index is 12.2. The van der Waals surface area contributed by atoms with Gasteiger partial charge in [0.25, 0.3) is 6.43 Å². The van der Waals surface area contributed by atoms with Crippen LogP contribution in [-0.2, 0) is 5.54 Å². The average Bonchev–Trinajstić information content (AvgIpc) is 2.37. The number of nitrogens with one attached hydrogen (secondary N) is 1. The zero-order chi connectivity index (χ0) is 8.48. The van der Waals surface area contributed by atoms with Crippen molar-refractivity contribution < 1.29 is 8.78 Å². The van der Waals surface area contributed by atoms with E-state index in [2.05, 4.69) is 10.2 Å². The second-order valence-corrected chi connectivity index (χ2v) is 2.55. The zero-order valence-electron chi connectivity index (χ0n) is 6.01. The van der Waals surface area contributed by atoms with E-state index in [4.69, 9.17) is 5.73 Å². The average molecular weight is 161 g/mol. The van der Waals surface area contributed by atoms with Crippen molar-refractivity contribution in [1.29, 1.82) is 0 Å². The standard InChI is InChI=1S/C6H9F2N3/c1-6(9,5(7)8)4-2-3-10-11-4/h2-3,5H,9H2,1H3,(H,10,11). The van der Waals surface area contributed by atoms with Crippen molar-refractivity contribution in [2.75, 3.05) is 0 Å². The molecule has 1 aromatic rings. The highest BCUT2D eigenvalue weighted by molar-refractivity contribution is 5.11. The van der Waals surface area contributed by atoms with Crippen LogP contribution in [0.5, 0.6) is 0 Å². The van der Waals surface area contributed by atoms with E-state index < -0.39 is 12.0 Å². The molecular weight excluding hydrogens is 152 g/mol. The fraction of sp³-hybridized carbons (Fsp3) is 0.500. The van der Waals surface area contributed by atoms with Crippen LogP contribution in [-0.4, -0.2) is 16.6 Å². The number of hydrogen-bond acceptors (Lipinski definition) is 2. The Morgan fingerprint density at radius 1 is 1.73 bits per heavy atom. The van der Waals surface area contributed by atoms with Crippen LogP contribution in [0.25, 0.3) is 0 Å². The summed E-state index contributed by atoms with van der Waals surface area (Å²) in [6.45, 7) is 1.26. The van der Waals surface area contributed by atoms with Crippen LogP contribution < -0.4 is 5.73 Å². The van der Waals surface area contributed by atoms with E-state index in [-0.39, 0.29) is 5.69 Å². The molecule has 1 atom stereocenters. The van der Waals surface area contributed by atoms with Gasteiger partial charge in [-0.15, -0.1) is 0 Å². The SMILES string of the molecule is CC(N)(c1ccn[nH]1)C(F)F. The van der Waals surface area contributed by atoms with E-state index in [1.54, 1.807) is 0 Å². The molecule has 11 heavy (non-hydrogen) atoms. The molecular formula is C6H9F2N3. The first-order valence-corrected chi connectivity index (χ1v) is 3.12. The van der Waals surface area contributed by atoms with Gasteiger partial charge in [0.15, 0.2) is 0 Å². The summed E-state index contributed by atoms with van der Waals surface area (Å²) in [4.78, 5) is 0. The Bertz CT molecular complexity index is 218. The van der Waals surface area contributed by atoms with Crippen molar-refractivity contribution in [2.24, 2.45) is 5.73 Å². The summed E-state index contributed by atoms with van der Waals surface area (Å²) in [5, 5.41) is 5.94. The van der Waals surface area contributed by atoms with Crippen molar-refractivity contribution in [3.8, 4) is 0 Å². The van der Waals surface area contributed by atoms with Gasteiger partial charge >= 0.3 is 0 Å². The van der Waals surface area contributed by atoms with Gasteiger partial charge in [-0.2, -0.15) is 5.10 Å². The Balaban J connectivity index is 2.90. The Kier molecular flexibility index (Phi) is 1.90. The van der Waals surface area contributed by atoms with Gasteiger partial charge in [0.1, 0.15) is 5.54 Å². The predicted octanol–water partition coefficient (Wildman–Crippen LogP) is 0.849. The van der Waals surface area contributed by atoms with Crippen molar-refractivity contribution in [2.45, 2.75) is 18.9 Å². The lowest BCUT2D eigenvalue weighted by atomic mass is 10.0. The van der Waals surface area contributed by atoms with Crippen molar-refractivity contribution in [1.82, 2.24) is 10.2 Å². The van der Waals surface area contributed by atoms with Crippen LogP contribution in [0.1, 0.15) is 12.6 Å². The predicted molar refractivity (Wildman–Crippen MR) is 36.1 cm³/mol. The Morgan fingerprint density at radius 2 is 2.36 bits per heavy atom. The smallest absolute Gasteiger partial charge is 0.261 e. The number of halogens is 2. The highest BCUT2D eigenvalue weighted by Crippen LogP contribution is 2.22. The lowest BCUT2D eigenvalue weighted by molar-refractivity contribution is 0.0601. The first-order valence-electron chi connectivity index (χ1n) is 3.12. The molecule has 3 nitrogen and oxygen atoms in total. The quantitative estimate of drug-likeness (QED) is 0.675. The van der Waals surface area contributed by atoms with Crippen LogP contribution >= 0.6 is 0 Å². The van der Waals surface area contributed by atoms with E-state index in [1.807, 2.05) is 0 Å². The van der Waals surface area contributed by atoms with Gasteiger partial charge in [-0.25, -0.2) is 8.78 Å². The van der Waals surface area contributed by atoms with E-state index in [0.29, 0.717) is 0 Å². The number of nitrogens with zero attached hydrogens (tertiary/aromatic N) is 1. The molecule has 0 fully saturated rings. The van der Waals surface area contributed by atoms with Gasteiger partial charge in [-0.1, -0.05) is 0 Å². The van der Waals surface area contributed by atoms with Crippen molar-refractivity contribution >= 4 is 0 Å². The molecule has 62 valence electrons. The number of nitrogens with two attached hydrogens (primary N) is 1. The first kappa shape index (κ1) is 8.13. The number of rotatable bonds is 2. The van der Waals surface area contributed by atoms with Gasteiger partial charge in [-0.3, -0.25) is 5.10 Å². The molecule has 0 spiro atoms. The minimum atomic E-state index is -2.59. The Morgan fingerprint density at radius 3 is 2.73 bits per heavy atom. The van der Waals surface area contributed by atoms with Crippen LogP contribution in [0, 0.1) is 0 Å². The monoisotopic (exact) mass is 161 g/mol. The Labute approximate surface area is 62.6 Å². The number of aromatic nitrogens is 2. The normalized spacial score (nSPS) is 16.8. The molecule has 0 saturated carbocycles. The summed E-state index contributed by atoms with van der Waals surface area (Å²) >= 11 is 0. The summed E-state index contributed by atoms with van der Waals surface area (Å²) < 4.78 is 24.4. The maximum atomic E-state index is 12.2. The van der Waals surface area contributed by atoms with Gasteiger partial charge in [0.2, 0.25) is 0 Å². The number of H-pyrrole nitrogens is 1. The molecule has 0 aliphatic carbocycles. The van der Waals surface area contributed by atoms with Gasteiger partial charge < -0.3 is 5.73 Å². The largest absolute Gasteiger partial charge is 0.316 e. The number of alkyl halides is 2. The van der Waals surface area contributed by atoms with E-state index >= 15 is 0 Å². The molecule has 1 unspecified atom stereocenters. The summed E-state index contributed by atoms with van der Waals surface area (Å²) in [6, 6.07) is 1.44. The molecule has 0 amide bonds. The molecule has 0 bridgehead atoms. The molecule has 0 aliphatic rings. The fourth-order valence-electron chi connectivity index (χ4n) is 0.673. The summed E-state index contributed by atoms with van der Waals surface area (Å²) in [7, 11) is 0. The molecule has 3 N–H and O–H groups in total. The Hall–Kier alpha value is -0.970. The van der Waals surface area contributed by atoms with Crippen molar-refractivity contribution in [3.63, 3.8) is 0 Å². The van der Waals surface area contributed by atoms with Gasteiger partial charge in [0, 0.05) is 6.20 Å². The lowest BCUT2D eigenvalue weighted by Gasteiger charge is -2.21. The lowest BCUT2D eigenvalue weighted by Crippen LogP contribution is -2.40. The minimum absolute atomic E-state index is 0.243. The maximum Gasteiger partial charge on any atom is 0.261 e. The second kappa shape index (κ2) is 2.58. The summed E-state index contributed by atoms with van der Waals surface area (Å²) in [5.41, 5.74) is 3.92. The molecule has 1 aromatic heterocycles.